The SMILES string of the molecule is CC(C)(C)Cc1ccc2c(c1)C(NC[C@@H](O)[C@@H](N)Cc1cc(F)cc(F)c1)CCN2C(=O)OCc1ccccc1. The second-order valence-corrected chi connectivity index (χ2v) is 11.8. The molecule has 3 aromatic carbocycles. The Morgan fingerprint density at radius 3 is 2.42 bits per heavy atom. The molecule has 0 fully saturated rings. The van der Waals surface area contributed by atoms with Crippen LogP contribution in [-0.2, 0) is 24.2 Å². The molecule has 6 nitrogen and oxygen atoms in total. The van der Waals surface area contributed by atoms with Gasteiger partial charge in [-0.2, -0.15) is 0 Å². The Hall–Kier alpha value is -3.33. The highest BCUT2D eigenvalue weighted by atomic mass is 19.1. The van der Waals surface area contributed by atoms with E-state index in [4.69, 9.17) is 10.5 Å². The molecule has 1 aliphatic heterocycles. The van der Waals surface area contributed by atoms with Crippen molar-refractivity contribution in [2.45, 2.75) is 64.8 Å². The van der Waals surface area contributed by atoms with Crippen LogP contribution in [0.15, 0.2) is 66.7 Å². The van der Waals surface area contributed by atoms with E-state index in [-0.39, 0.29) is 31.0 Å². The normalized spacial score (nSPS) is 16.8. The van der Waals surface area contributed by atoms with Crippen LogP contribution in [0.5, 0.6) is 0 Å². The van der Waals surface area contributed by atoms with Crippen molar-refractivity contribution in [2.75, 3.05) is 18.0 Å². The van der Waals surface area contributed by atoms with Crippen molar-refractivity contribution in [3.8, 4) is 0 Å². The summed E-state index contributed by atoms with van der Waals surface area (Å²) in [5.74, 6) is -1.35. The number of hydrogen-bond acceptors (Lipinski definition) is 5. The summed E-state index contributed by atoms with van der Waals surface area (Å²) in [5, 5.41) is 14.2. The number of amides is 1. The number of hydrogen-bond donors (Lipinski definition) is 3. The van der Waals surface area contributed by atoms with Crippen LogP contribution >= 0.6 is 0 Å². The number of carbonyl (C=O) groups excluding carboxylic acids is 1. The van der Waals surface area contributed by atoms with Crippen molar-refractivity contribution in [1.29, 1.82) is 0 Å². The zero-order valence-corrected chi connectivity index (χ0v) is 23.4. The number of rotatable bonds is 9. The lowest BCUT2D eigenvalue weighted by molar-refractivity contribution is 0.135. The first-order chi connectivity index (χ1) is 19.0. The monoisotopic (exact) mass is 551 g/mol. The van der Waals surface area contributed by atoms with Crippen molar-refractivity contribution in [2.24, 2.45) is 11.1 Å². The second kappa shape index (κ2) is 12.9. The zero-order chi connectivity index (χ0) is 28.9. The van der Waals surface area contributed by atoms with Gasteiger partial charge in [0, 0.05) is 31.2 Å². The first-order valence-corrected chi connectivity index (χ1v) is 13.7. The van der Waals surface area contributed by atoms with Gasteiger partial charge in [-0.15, -0.1) is 0 Å². The highest BCUT2D eigenvalue weighted by Crippen LogP contribution is 2.36. The first kappa shape index (κ1) is 29.6. The fraction of sp³-hybridized carbons (Fsp3) is 0.406. The van der Waals surface area contributed by atoms with E-state index < -0.39 is 29.9 Å². The molecule has 0 aromatic heterocycles. The van der Waals surface area contributed by atoms with Gasteiger partial charge in [0.1, 0.15) is 18.2 Å². The van der Waals surface area contributed by atoms with Gasteiger partial charge in [-0.25, -0.2) is 13.6 Å². The summed E-state index contributed by atoms with van der Waals surface area (Å²) >= 11 is 0. The predicted octanol–water partition coefficient (Wildman–Crippen LogP) is 5.66. The summed E-state index contributed by atoms with van der Waals surface area (Å²) in [6, 6.07) is 18.1. The van der Waals surface area contributed by atoms with E-state index >= 15 is 0 Å². The fourth-order valence-electron chi connectivity index (χ4n) is 5.14. The van der Waals surface area contributed by atoms with Crippen molar-refractivity contribution in [3.63, 3.8) is 0 Å². The van der Waals surface area contributed by atoms with Crippen LogP contribution in [-0.4, -0.2) is 36.4 Å². The Labute approximate surface area is 235 Å². The Kier molecular flexibility index (Phi) is 9.56. The molecule has 40 heavy (non-hydrogen) atoms. The molecule has 4 rings (SSSR count). The second-order valence-electron chi connectivity index (χ2n) is 11.8. The van der Waals surface area contributed by atoms with Gasteiger partial charge in [0.15, 0.2) is 0 Å². The van der Waals surface area contributed by atoms with Gasteiger partial charge in [0.2, 0.25) is 0 Å². The number of benzene rings is 3. The molecule has 1 unspecified atom stereocenters. The summed E-state index contributed by atoms with van der Waals surface area (Å²) in [6.07, 6.45) is 0.264. The summed E-state index contributed by atoms with van der Waals surface area (Å²) < 4.78 is 32.8. The van der Waals surface area contributed by atoms with Crippen LogP contribution < -0.4 is 16.0 Å². The van der Waals surface area contributed by atoms with Crippen molar-refractivity contribution in [1.82, 2.24) is 5.32 Å². The molecule has 0 saturated heterocycles. The van der Waals surface area contributed by atoms with Crippen LogP contribution in [0.4, 0.5) is 19.3 Å². The average Bonchev–Trinajstić information content (AvgIpc) is 2.89. The van der Waals surface area contributed by atoms with Crippen molar-refractivity contribution in [3.05, 3.63) is 101 Å². The van der Waals surface area contributed by atoms with Gasteiger partial charge in [-0.3, -0.25) is 4.90 Å². The lowest BCUT2D eigenvalue weighted by atomic mass is 9.86. The maximum Gasteiger partial charge on any atom is 0.414 e. The molecule has 4 N–H and O–H groups in total. The van der Waals surface area contributed by atoms with Gasteiger partial charge in [-0.1, -0.05) is 63.2 Å². The summed E-state index contributed by atoms with van der Waals surface area (Å²) in [4.78, 5) is 14.8. The molecular formula is C32H39F2N3O3. The molecule has 3 aromatic rings. The molecule has 0 saturated carbocycles. The number of nitrogens with zero attached hydrogens (tertiary/aromatic N) is 1. The molecule has 1 amide bonds. The van der Waals surface area contributed by atoms with E-state index in [0.29, 0.717) is 18.5 Å². The minimum absolute atomic E-state index is 0.0828. The van der Waals surface area contributed by atoms with Crippen LogP contribution in [0, 0.1) is 17.0 Å². The third-order valence-electron chi connectivity index (χ3n) is 7.02. The topological polar surface area (TPSA) is 87.8 Å². The van der Waals surface area contributed by atoms with E-state index in [1.54, 1.807) is 4.90 Å². The molecule has 0 radical (unpaired) electrons. The first-order valence-electron chi connectivity index (χ1n) is 13.7. The molecule has 3 atom stereocenters. The number of carbonyl (C=O) groups is 1. The maximum atomic E-state index is 13.6. The van der Waals surface area contributed by atoms with E-state index in [1.165, 1.54) is 12.1 Å². The van der Waals surface area contributed by atoms with Gasteiger partial charge < -0.3 is 20.9 Å². The summed E-state index contributed by atoms with van der Waals surface area (Å²) in [5.41, 5.74) is 10.5. The number of aliphatic hydroxyl groups excluding tert-OH is 1. The van der Waals surface area contributed by atoms with Crippen LogP contribution in [0.2, 0.25) is 0 Å². The third-order valence-corrected chi connectivity index (χ3v) is 7.02. The lowest BCUT2D eigenvalue weighted by Gasteiger charge is -2.35. The Morgan fingerprint density at radius 1 is 1.05 bits per heavy atom. The van der Waals surface area contributed by atoms with Gasteiger partial charge in [0.05, 0.1) is 11.8 Å². The summed E-state index contributed by atoms with van der Waals surface area (Å²) in [7, 11) is 0. The molecule has 214 valence electrons. The molecule has 0 bridgehead atoms. The molecule has 0 aliphatic carbocycles. The lowest BCUT2D eigenvalue weighted by Crippen LogP contribution is -2.46. The molecule has 8 heteroatoms. The number of anilines is 1. The number of nitrogens with two attached hydrogens (primary N) is 1. The largest absolute Gasteiger partial charge is 0.444 e. The maximum absolute atomic E-state index is 13.6. The van der Waals surface area contributed by atoms with Crippen LogP contribution in [0.25, 0.3) is 0 Å². The van der Waals surface area contributed by atoms with Crippen LogP contribution in [0.3, 0.4) is 0 Å². The zero-order valence-electron chi connectivity index (χ0n) is 23.4. The molecule has 0 spiro atoms. The number of aliphatic hydroxyl groups is 1. The average molecular weight is 552 g/mol. The minimum Gasteiger partial charge on any atom is -0.444 e. The smallest absolute Gasteiger partial charge is 0.414 e. The number of fused-ring (bicyclic) bond motifs is 1. The van der Waals surface area contributed by atoms with E-state index in [0.717, 1.165) is 34.9 Å². The predicted molar refractivity (Wildman–Crippen MR) is 153 cm³/mol. The Bertz CT molecular complexity index is 1280. The van der Waals surface area contributed by atoms with Crippen molar-refractivity contribution >= 4 is 11.8 Å². The van der Waals surface area contributed by atoms with Crippen LogP contribution in [0.1, 0.15) is 55.5 Å². The van der Waals surface area contributed by atoms with Gasteiger partial charge in [-0.05, 0) is 65.1 Å². The van der Waals surface area contributed by atoms with Crippen molar-refractivity contribution < 1.29 is 23.4 Å². The van der Waals surface area contributed by atoms with Gasteiger partial charge >= 0.3 is 6.09 Å². The standard InChI is InChI=1S/C32H39F2N3O3/c1-32(2,3)18-22-9-10-29-26(15-22)28(11-12-37(29)31(39)40-20-21-7-5-4-6-8-21)36-19-30(38)27(35)16-23-13-24(33)17-25(34)14-23/h4-10,13-15,17,27-28,30,36,38H,11-12,16,18-20,35H2,1-3H3/t27-,28?,30+/m0/s1. The Balaban J connectivity index is 1.47. The van der Waals surface area contributed by atoms with E-state index in [9.17, 15) is 18.7 Å². The third kappa shape index (κ3) is 8.10. The highest BCUT2D eigenvalue weighted by molar-refractivity contribution is 5.89. The number of halogens is 2. The minimum atomic E-state index is -0.943. The molecule has 1 aliphatic rings. The highest BCUT2D eigenvalue weighted by Gasteiger charge is 2.31. The molecule has 1 heterocycles. The quantitative estimate of drug-likeness (QED) is 0.319. The van der Waals surface area contributed by atoms with E-state index in [1.807, 2.05) is 42.5 Å². The number of ether oxygens (including phenoxy) is 1. The summed E-state index contributed by atoms with van der Waals surface area (Å²) in [6.45, 7) is 7.36. The fourth-order valence-corrected chi connectivity index (χ4v) is 5.14. The molecular weight excluding hydrogens is 512 g/mol. The number of nitrogens with one attached hydrogen (secondary N) is 1. The van der Waals surface area contributed by atoms with Gasteiger partial charge in [0.25, 0.3) is 0 Å². The Morgan fingerprint density at radius 2 is 1.75 bits per heavy atom. The van der Waals surface area contributed by atoms with E-state index in [2.05, 4.69) is 32.2 Å².